The number of amides is 1. The van der Waals surface area contributed by atoms with Gasteiger partial charge in [0.1, 0.15) is 5.75 Å². The van der Waals surface area contributed by atoms with Crippen LogP contribution in [0.5, 0.6) is 5.75 Å². The Morgan fingerprint density at radius 1 is 1.22 bits per heavy atom. The predicted molar refractivity (Wildman–Crippen MR) is 88.6 cm³/mol. The Morgan fingerprint density at radius 3 is 2.70 bits per heavy atom. The number of carbonyl (C=O) groups is 1. The second-order valence-electron chi connectivity index (χ2n) is 5.59. The number of benzene rings is 1. The maximum Gasteiger partial charge on any atom is 0.272 e. The van der Waals surface area contributed by atoms with Gasteiger partial charge in [-0.25, -0.2) is 4.52 Å². The van der Waals surface area contributed by atoms with Gasteiger partial charge in [-0.1, -0.05) is 18.2 Å². The van der Waals surface area contributed by atoms with Crippen LogP contribution in [0, 0.1) is 0 Å². The molecule has 0 saturated carbocycles. The van der Waals surface area contributed by atoms with E-state index in [4.69, 9.17) is 4.74 Å². The topological polar surface area (TPSA) is 55.6 Å². The summed E-state index contributed by atoms with van der Waals surface area (Å²) >= 11 is 0. The number of carbonyl (C=O) groups excluding carboxylic acids is 1. The summed E-state index contributed by atoms with van der Waals surface area (Å²) in [5.41, 5.74) is 2.32. The van der Waals surface area contributed by atoms with Crippen molar-refractivity contribution in [1.29, 1.82) is 0 Å². The van der Waals surface area contributed by atoms with Crippen LogP contribution in [-0.2, 0) is 6.54 Å². The summed E-state index contributed by atoms with van der Waals surface area (Å²) in [5.74, 6) is 0.645. The normalized spacial score (nSPS) is 10.9. The van der Waals surface area contributed by atoms with Crippen LogP contribution in [0.1, 0.15) is 29.9 Å². The van der Waals surface area contributed by atoms with Crippen LogP contribution < -0.4 is 10.1 Å². The highest BCUT2D eigenvalue weighted by Gasteiger charge is 2.10. The lowest BCUT2D eigenvalue weighted by atomic mass is 10.2. The van der Waals surface area contributed by atoms with E-state index >= 15 is 0 Å². The lowest BCUT2D eigenvalue weighted by Crippen LogP contribution is -2.23. The molecule has 2 aromatic heterocycles. The van der Waals surface area contributed by atoms with Crippen molar-refractivity contribution in [3.63, 3.8) is 0 Å². The van der Waals surface area contributed by atoms with Gasteiger partial charge < -0.3 is 10.1 Å². The van der Waals surface area contributed by atoms with Crippen LogP contribution >= 0.6 is 0 Å². The van der Waals surface area contributed by atoms with Crippen LogP contribution in [-0.4, -0.2) is 21.6 Å². The van der Waals surface area contributed by atoms with Crippen molar-refractivity contribution in [1.82, 2.24) is 14.9 Å². The molecule has 0 unspecified atom stereocenters. The van der Waals surface area contributed by atoms with Crippen molar-refractivity contribution in [3.05, 3.63) is 66.0 Å². The van der Waals surface area contributed by atoms with Crippen LogP contribution in [0.2, 0.25) is 0 Å². The summed E-state index contributed by atoms with van der Waals surface area (Å²) in [5, 5.41) is 7.14. The molecule has 0 atom stereocenters. The lowest BCUT2D eigenvalue weighted by molar-refractivity contribution is 0.0945. The first-order valence-electron chi connectivity index (χ1n) is 7.60. The highest BCUT2D eigenvalue weighted by molar-refractivity contribution is 5.93. The van der Waals surface area contributed by atoms with E-state index < -0.39 is 0 Å². The third-order valence-electron chi connectivity index (χ3n) is 3.35. The molecule has 0 spiro atoms. The summed E-state index contributed by atoms with van der Waals surface area (Å²) in [6.07, 6.45) is 1.97. The number of aromatic nitrogens is 2. The molecule has 0 fully saturated rings. The third-order valence-corrected chi connectivity index (χ3v) is 3.35. The van der Waals surface area contributed by atoms with Gasteiger partial charge in [-0.3, -0.25) is 4.79 Å². The number of nitrogens with zero attached hydrogens (tertiary/aromatic N) is 2. The largest absolute Gasteiger partial charge is 0.491 e. The molecule has 0 aliphatic heterocycles. The fourth-order valence-corrected chi connectivity index (χ4v) is 2.28. The first kappa shape index (κ1) is 15.1. The van der Waals surface area contributed by atoms with Crippen LogP contribution in [0.15, 0.2) is 54.7 Å². The number of hydrogen-bond donors (Lipinski definition) is 1. The van der Waals surface area contributed by atoms with E-state index in [1.807, 2.05) is 62.5 Å². The monoisotopic (exact) mass is 309 g/mol. The Hall–Kier alpha value is -2.82. The van der Waals surface area contributed by atoms with Gasteiger partial charge in [-0.05, 0) is 49.7 Å². The Balaban J connectivity index is 1.62. The van der Waals surface area contributed by atoms with Gasteiger partial charge in [-0.2, -0.15) is 5.10 Å². The van der Waals surface area contributed by atoms with Crippen molar-refractivity contribution in [2.75, 3.05) is 0 Å². The predicted octanol–water partition coefficient (Wildman–Crippen LogP) is 3.05. The zero-order valence-corrected chi connectivity index (χ0v) is 13.2. The van der Waals surface area contributed by atoms with Gasteiger partial charge in [0.25, 0.3) is 5.91 Å². The average molecular weight is 309 g/mol. The molecule has 1 amide bonds. The molecule has 23 heavy (non-hydrogen) atoms. The molecular weight excluding hydrogens is 290 g/mol. The molecule has 0 bridgehead atoms. The Kier molecular flexibility index (Phi) is 4.28. The van der Waals surface area contributed by atoms with Crippen LogP contribution in [0.4, 0.5) is 0 Å². The molecule has 1 aromatic carbocycles. The zero-order chi connectivity index (χ0) is 16.2. The average Bonchev–Trinajstić information content (AvgIpc) is 2.97. The molecule has 3 rings (SSSR count). The third kappa shape index (κ3) is 3.69. The minimum Gasteiger partial charge on any atom is -0.491 e. The number of nitrogens with one attached hydrogen (secondary N) is 1. The van der Waals surface area contributed by atoms with E-state index in [0.717, 1.165) is 16.8 Å². The van der Waals surface area contributed by atoms with Crippen molar-refractivity contribution < 1.29 is 9.53 Å². The Bertz CT molecular complexity index is 774. The standard InChI is InChI=1S/C18H19N3O2/c1-13(2)23-16-8-6-14(7-9-16)12-19-18(22)17-11-15-5-3-4-10-21(15)20-17/h3-11,13H,12H2,1-2H3,(H,19,22). The van der Waals surface area contributed by atoms with Crippen molar-refractivity contribution in [2.24, 2.45) is 0 Å². The molecule has 118 valence electrons. The van der Waals surface area contributed by atoms with Gasteiger partial charge in [0.15, 0.2) is 5.69 Å². The Labute approximate surface area is 134 Å². The van der Waals surface area contributed by atoms with E-state index in [1.165, 1.54) is 0 Å². The minimum atomic E-state index is -0.184. The second kappa shape index (κ2) is 6.52. The molecule has 0 saturated heterocycles. The second-order valence-corrected chi connectivity index (χ2v) is 5.59. The number of ether oxygens (including phenoxy) is 1. The maximum atomic E-state index is 12.2. The van der Waals surface area contributed by atoms with E-state index in [2.05, 4.69) is 10.4 Å². The summed E-state index contributed by atoms with van der Waals surface area (Å²) in [6, 6.07) is 15.2. The van der Waals surface area contributed by atoms with Gasteiger partial charge in [0.05, 0.1) is 11.6 Å². The SMILES string of the molecule is CC(C)Oc1ccc(CNC(=O)c2cc3ccccn3n2)cc1. The highest BCUT2D eigenvalue weighted by Crippen LogP contribution is 2.14. The molecule has 5 nitrogen and oxygen atoms in total. The van der Waals surface area contributed by atoms with E-state index in [9.17, 15) is 4.79 Å². The molecule has 2 heterocycles. The van der Waals surface area contributed by atoms with Gasteiger partial charge >= 0.3 is 0 Å². The van der Waals surface area contributed by atoms with Crippen molar-refractivity contribution in [3.8, 4) is 5.75 Å². The number of hydrogen-bond acceptors (Lipinski definition) is 3. The highest BCUT2D eigenvalue weighted by atomic mass is 16.5. The minimum absolute atomic E-state index is 0.149. The molecule has 3 aromatic rings. The van der Waals surface area contributed by atoms with E-state index in [0.29, 0.717) is 12.2 Å². The fraction of sp³-hybridized carbons (Fsp3) is 0.222. The van der Waals surface area contributed by atoms with Crippen LogP contribution in [0.3, 0.4) is 0 Å². The fourth-order valence-electron chi connectivity index (χ4n) is 2.28. The summed E-state index contributed by atoms with van der Waals surface area (Å²) in [7, 11) is 0. The smallest absolute Gasteiger partial charge is 0.272 e. The molecular formula is C18H19N3O2. The van der Waals surface area contributed by atoms with E-state index in [-0.39, 0.29) is 12.0 Å². The molecule has 0 aliphatic rings. The number of pyridine rings is 1. The number of rotatable bonds is 5. The van der Waals surface area contributed by atoms with Gasteiger partial charge in [0, 0.05) is 12.7 Å². The maximum absolute atomic E-state index is 12.2. The van der Waals surface area contributed by atoms with Gasteiger partial charge in [-0.15, -0.1) is 0 Å². The Morgan fingerprint density at radius 2 is 2.00 bits per heavy atom. The van der Waals surface area contributed by atoms with Crippen molar-refractivity contribution >= 4 is 11.4 Å². The van der Waals surface area contributed by atoms with E-state index in [1.54, 1.807) is 10.6 Å². The first-order valence-corrected chi connectivity index (χ1v) is 7.60. The molecule has 0 aliphatic carbocycles. The van der Waals surface area contributed by atoms with Crippen LogP contribution in [0.25, 0.3) is 5.52 Å². The lowest BCUT2D eigenvalue weighted by Gasteiger charge is -2.10. The van der Waals surface area contributed by atoms with Gasteiger partial charge in [0.2, 0.25) is 0 Å². The summed E-state index contributed by atoms with van der Waals surface area (Å²) < 4.78 is 7.29. The molecule has 1 N–H and O–H groups in total. The molecule has 5 heteroatoms. The quantitative estimate of drug-likeness (QED) is 0.788. The summed E-state index contributed by atoms with van der Waals surface area (Å²) in [4.78, 5) is 12.2. The molecule has 0 radical (unpaired) electrons. The number of fused-ring (bicyclic) bond motifs is 1. The van der Waals surface area contributed by atoms with Crippen molar-refractivity contribution in [2.45, 2.75) is 26.5 Å². The first-order chi connectivity index (χ1) is 11.1. The zero-order valence-electron chi connectivity index (χ0n) is 13.2. The summed E-state index contributed by atoms with van der Waals surface area (Å²) in [6.45, 7) is 4.43.